The molecule has 0 aromatic carbocycles. The van der Waals surface area contributed by atoms with Crippen molar-refractivity contribution in [1.29, 1.82) is 0 Å². The Morgan fingerprint density at radius 2 is 1.86 bits per heavy atom. The van der Waals surface area contributed by atoms with Gasteiger partial charge < -0.3 is 11.1 Å². The normalized spacial score (nSPS) is 12.9. The minimum absolute atomic E-state index is 0.0553. The molecule has 0 aliphatic carbocycles. The molecule has 1 amide bonds. The van der Waals surface area contributed by atoms with E-state index < -0.39 is 24.0 Å². The molecule has 0 spiro atoms. The van der Waals surface area contributed by atoms with Crippen LogP contribution in [0.4, 0.5) is 13.2 Å². The van der Waals surface area contributed by atoms with Crippen LogP contribution in [0.25, 0.3) is 0 Å². The van der Waals surface area contributed by atoms with Gasteiger partial charge in [0.05, 0.1) is 5.54 Å². The molecule has 0 radical (unpaired) electrons. The number of alkyl halides is 3. The smallest absolute Gasteiger partial charge is 0.368 e. The number of rotatable bonds is 5. The molecule has 84 valence electrons. The highest BCUT2D eigenvalue weighted by molar-refractivity contribution is 5.83. The first-order valence-electron chi connectivity index (χ1n) is 4.27. The molecule has 0 saturated heterocycles. The monoisotopic (exact) mass is 212 g/mol. The van der Waals surface area contributed by atoms with Gasteiger partial charge >= 0.3 is 6.18 Å². The number of hydrogen-bond acceptors (Lipinski definition) is 2. The van der Waals surface area contributed by atoms with E-state index in [-0.39, 0.29) is 13.0 Å². The van der Waals surface area contributed by atoms with Crippen molar-refractivity contribution in [3.63, 3.8) is 0 Å². The van der Waals surface area contributed by atoms with Crippen molar-refractivity contribution in [3.8, 4) is 0 Å². The molecule has 0 aliphatic rings. The van der Waals surface area contributed by atoms with Crippen LogP contribution in [0.1, 0.15) is 26.7 Å². The number of carbonyl (C=O) groups excluding carboxylic acids is 1. The fourth-order valence-corrected chi connectivity index (χ4v) is 0.777. The molecule has 0 saturated carbocycles. The summed E-state index contributed by atoms with van der Waals surface area (Å²) in [5.74, 6) is -0.579. The Hall–Kier alpha value is -0.780. The van der Waals surface area contributed by atoms with Crippen molar-refractivity contribution in [1.82, 2.24) is 5.32 Å². The molecule has 6 heteroatoms. The summed E-state index contributed by atoms with van der Waals surface area (Å²) in [4.78, 5) is 10.7. The van der Waals surface area contributed by atoms with Gasteiger partial charge in [-0.3, -0.25) is 4.79 Å². The second-order valence-electron chi connectivity index (χ2n) is 3.63. The highest BCUT2D eigenvalue weighted by Crippen LogP contribution is 2.20. The van der Waals surface area contributed by atoms with Gasteiger partial charge in [0.25, 0.3) is 0 Å². The summed E-state index contributed by atoms with van der Waals surface area (Å²) in [6.07, 6.45) is -5.05. The van der Waals surface area contributed by atoms with E-state index in [1.54, 1.807) is 0 Å². The van der Waals surface area contributed by atoms with Crippen LogP contribution in [-0.2, 0) is 4.79 Å². The Morgan fingerprint density at radius 3 is 2.21 bits per heavy atom. The minimum atomic E-state index is -4.14. The van der Waals surface area contributed by atoms with Crippen LogP contribution in [-0.4, -0.2) is 24.2 Å². The molecule has 0 aromatic heterocycles. The van der Waals surface area contributed by atoms with E-state index in [9.17, 15) is 18.0 Å². The third-order valence-electron chi connectivity index (χ3n) is 1.82. The zero-order valence-corrected chi connectivity index (χ0v) is 8.24. The lowest BCUT2D eigenvalue weighted by Crippen LogP contribution is -2.50. The van der Waals surface area contributed by atoms with Gasteiger partial charge in [-0.1, -0.05) is 0 Å². The SMILES string of the molecule is CC(C)(NCCCC(F)(F)F)C(N)=O. The highest BCUT2D eigenvalue weighted by Gasteiger charge is 2.27. The maximum absolute atomic E-state index is 11.7. The predicted molar refractivity (Wildman–Crippen MR) is 46.6 cm³/mol. The summed E-state index contributed by atoms with van der Waals surface area (Å²) in [6.45, 7) is 3.18. The molecule has 3 N–H and O–H groups in total. The van der Waals surface area contributed by atoms with Crippen LogP contribution in [0.3, 0.4) is 0 Å². The Balaban J connectivity index is 3.70. The largest absolute Gasteiger partial charge is 0.389 e. The third kappa shape index (κ3) is 5.80. The first kappa shape index (κ1) is 13.2. The fraction of sp³-hybridized carbons (Fsp3) is 0.875. The molecule has 3 nitrogen and oxygen atoms in total. The molecule has 0 aromatic rings. The van der Waals surface area contributed by atoms with Gasteiger partial charge in [-0.2, -0.15) is 13.2 Å². The number of halogens is 3. The molecule has 0 aliphatic heterocycles. The van der Waals surface area contributed by atoms with Gasteiger partial charge in [0.2, 0.25) is 5.91 Å². The molecule has 0 rings (SSSR count). The lowest BCUT2D eigenvalue weighted by Gasteiger charge is -2.22. The average Bonchev–Trinajstić information content (AvgIpc) is 1.96. The molecule has 0 bridgehead atoms. The van der Waals surface area contributed by atoms with Crippen LogP contribution < -0.4 is 11.1 Å². The third-order valence-corrected chi connectivity index (χ3v) is 1.82. The highest BCUT2D eigenvalue weighted by atomic mass is 19.4. The van der Waals surface area contributed by atoms with Crippen LogP contribution in [0.2, 0.25) is 0 Å². The Bertz CT molecular complexity index is 201. The number of primary amides is 1. The second-order valence-corrected chi connectivity index (χ2v) is 3.63. The summed E-state index contributed by atoms with van der Waals surface area (Å²) >= 11 is 0. The van der Waals surface area contributed by atoms with Gasteiger partial charge in [0.15, 0.2) is 0 Å². The van der Waals surface area contributed by atoms with E-state index in [0.29, 0.717) is 0 Å². The number of nitrogens with two attached hydrogens (primary N) is 1. The molecular weight excluding hydrogens is 197 g/mol. The number of amides is 1. The second kappa shape index (κ2) is 4.63. The zero-order valence-electron chi connectivity index (χ0n) is 8.24. The van der Waals surface area contributed by atoms with Crippen molar-refractivity contribution in [2.45, 2.75) is 38.4 Å². The molecule has 0 atom stereocenters. The zero-order chi connectivity index (χ0) is 11.4. The van der Waals surface area contributed by atoms with Crippen molar-refractivity contribution in [2.24, 2.45) is 5.73 Å². The van der Waals surface area contributed by atoms with Gasteiger partial charge in [0, 0.05) is 6.42 Å². The summed E-state index contributed by atoms with van der Waals surface area (Å²) < 4.78 is 35.1. The predicted octanol–water partition coefficient (Wildman–Crippen LogP) is 1.18. The summed E-state index contributed by atoms with van der Waals surface area (Å²) in [7, 11) is 0. The quantitative estimate of drug-likeness (QED) is 0.672. The van der Waals surface area contributed by atoms with Crippen molar-refractivity contribution in [2.75, 3.05) is 6.54 Å². The lowest BCUT2D eigenvalue weighted by atomic mass is 10.1. The van der Waals surface area contributed by atoms with Crippen molar-refractivity contribution < 1.29 is 18.0 Å². The molecule has 0 fully saturated rings. The summed E-state index contributed by atoms with van der Waals surface area (Å²) in [6, 6.07) is 0. The van der Waals surface area contributed by atoms with Crippen molar-refractivity contribution >= 4 is 5.91 Å². The Morgan fingerprint density at radius 1 is 1.36 bits per heavy atom. The van der Waals surface area contributed by atoms with Gasteiger partial charge in [-0.25, -0.2) is 0 Å². The van der Waals surface area contributed by atoms with E-state index in [4.69, 9.17) is 5.73 Å². The van der Waals surface area contributed by atoms with E-state index in [2.05, 4.69) is 5.32 Å². The van der Waals surface area contributed by atoms with E-state index in [1.807, 2.05) is 0 Å². The maximum Gasteiger partial charge on any atom is 0.389 e. The van der Waals surface area contributed by atoms with Crippen LogP contribution >= 0.6 is 0 Å². The van der Waals surface area contributed by atoms with Crippen LogP contribution in [0, 0.1) is 0 Å². The first-order chi connectivity index (χ1) is 6.15. The van der Waals surface area contributed by atoms with Gasteiger partial charge in [-0.15, -0.1) is 0 Å². The van der Waals surface area contributed by atoms with E-state index in [0.717, 1.165) is 0 Å². The number of nitrogens with one attached hydrogen (secondary N) is 1. The number of hydrogen-bond donors (Lipinski definition) is 2. The average molecular weight is 212 g/mol. The first-order valence-corrected chi connectivity index (χ1v) is 4.27. The summed E-state index contributed by atoms with van der Waals surface area (Å²) in [5, 5.41) is 2.66. The summed E-state index contributed by atoms with van der Waals surface area (Å²) in [5.41, 5.74) is 4.06. The molecule has 0 unspecified atom stereocenters. The van der Waals surface area contributed by atoms with Gasteiger partial charge in [0.1, 0.15) is 0 Å². The molecule has 0 heterocycles. The topological polar surface area (TPSA) is 55.1 Å². The lowest BCUT2D eigenvalue weighted by molar-refractivity contribution is -0.135. The van der Waals surface area contributed by atoms with E-state index in [1.165, 1.54) is 13.8 Å². The Labute approximate surface area is 80.8 Å². The minimum Gasteiger partial charge on any atom is -0.368 e. The molecular formula is C8H15F3N2O. The van der Waals surface area contributed by atoms with E-state index >= 15 is 0 Å². The Kier molecular flexibility index (Phi) is 4.38. The van der Waals surface area contributed by atoms with Gasteiger partial charge in [-0.05, 0) is 26.8 Å². The van der Waals surface area contributed by atoms with Crippen LogP contribution in [0.15, 0.2) is 0 Å². The van der Waals surface area contributed by atoms with Crippen molar-refractivity contribution in [3.05, 3.63) is 0 Å². The van der Waals surface area contributed by atoms with Crippen LogP contribution in [0.5, 0.6) is 0 Å². The standard InChI is InChI=1S/C8H15F3N2O/c1-7(2,6(12)14)13-5-3-4-8(9,10)11/h13H,3-5H2,1-2H3,(H2,12,14). The molecule has 14 heavy (non-hydrogen) atoms. The number of carbonyl (C=O) groups is 1. The maximum atomic E-state index is 11.7. The fourth-order valence-electron chi connectivity index (χ4n) is 0.777.